The lowest BCUT2D eigenvalue weighted by Gasteiger charge is -2.14. The van der Waals surface area contributed by atoms with Crippen molar-refractivity contribution in [2.75, 3.05) is 13.2 Å². The summed E-state index contributed by atoms with van der Waals surface area (Å²) in [5, 5.41) is 2.80. The molecule has 0 atom stereocenters. The molecule has 0 spiro atoms. The molecule has 0 bridgehead atoms. The van der Waals surface area contributed by atoms with Gasteiger partial charge in [-0.25, -0.2) is 4.79 Å². The number of carbonyl (C=O) groups excluding carboxylic acids is 1. The maximum Gasteiger partial charge on any atom is 0.407 e. The predicted octanol–water partition coefficient (Wildman–Crippen LogP) is 5.58. The average Bonchev–Trinajstić information content (AvgIpc) is 3.08. The number of amides is 1. The second-order valence-corrected chi connectivity index (χ2v) is 7.62. The summed E-state index contributed by atoms with van der Waals surface area (Å²) in [7, 11) is 0. The van der Waals surface area contributed by atoms with Gasteiger partial charge in [0.05, 0.1) is 0 Å². The number of aryl methyl sites for hydroxylation is 2. The third-order valence-corrected chi connectivity index (χ3v) is 5.48. The molecular weight excluding hydrogens is 370 g/mol. The van der Waals surface area contributed by atoms with Crippen molar-refractivity contribution in [1.82, 2.24) is 5.32 Å². The van der Waals surface area contributed by atoms with Crippen molar-refractivity contribution in [3.8, 4) is 23.0 Å². The molecule has 0 saturated heterocycles. The summed E-state index contributed by atoms with van der Waals surface area (Å²) in [5.74, 6) is 6.39. The molecule has 0 radical (unpaired) electrons. The smallest absolute Gasteiger partial charge is 0.407 e. The molecule has 150 valence electrons. The highest BCUT2D eigenvalue weighted by Gasteiger charge is 2.28. The van der Waals surface area contributed by atoms with Crippen LogP contribution in [0.3, 0.4) is 0 Å². The molecule has 0 unspecified atom stereocenters. The molecule has 3 nitrogen and oxygen atoms in total. The number of hydrogen-bond donors (Lipinski definition) is 1. The van der Waals surface area contributed by atoms with E-state index < -0.39 is 6.09 Å². The molecule has 0 saturated carbocycles. The minimum absolute atomic E-state index is 0.0761. The quantitative estimate of drug-likeness (QED) is 0.462. The molecule has 3 aromatic carbocycles. The summed E-state index contributed by atoms with van der Waals surface area (Å²) < 4.78 is 5.54. The molecule has 0 aliphatic heterocycles. The van der Waals surface area contributed by atoms with Gasteiger partial charge >= 0.3 is 6.09 Å². The molecule has 1 aliphatic rings. The largest absolute Gasteiger partial charge is 0.449 e. The first kappa shape index (κ1) is 19.8. The van der Waals surface area contributed by atoms with Crippen LogP contribution in [0, 0.1) is 25.7 Å². The SMILES string of the molecule is Cc1ccc(C)c(C#CCCNC(=O)OCC2c3ccccc3-c3ccccc32)c1. The van der Waals surface area contributed by atoms with Crippen molar-refractivity contribution in [2.45, 2.75) is 26.2 Å². The molecule has 0 aromatic heterocycles. The van der Waals surface area contributed by atoms with Gasteiger partial charge in [-0.15, -0.1) is 0 Å². The van der Waals surface area contributed by atoms with Crippen molar-refractivity contribution in [2.24, 2.45) is 0 Å². The monoisotopic (exact) mass is 395 g/mol. The van der Waals surface area contributed by atoms with E-state index in [9.17, 15) is 4.79 Å². The third-order valence-electron chi connectivity index (χ3n) is 5.48. The van der Waals surface area contributed by atoms with Gasteiger partial charge in [-0.2, -0.15) is 0 Å². The topological polar surface area (TPSA) is 38.3 Å². The zero-order valence-electron chi connectivity index (χ0n) is 17.4. The Morgan fingerprint density at radius 1 is 0.967 bits per heavy atom. The van der Waals surface area contributed by atoms with Crippen LogP contribution in [0.15, 0.2) is 66.7 Å². The summed E-state index contributed by atoms with van der Waals surface area (Å²) in [6.07, 6.45) is 0.183. The van der Waals surface area contributed by atoms with Crippen LogP contribution < -0.4 is 5.32 Å². The molecule has 1 aliphatic carbocycles. The molecule has 4 rings (SSSR count). The second-order valence-electron chi connectivity index (χ2n) is 7.62. The van der Waals surface area contributed by atoms with Gasteiger partial charge in [-0.1, -0.05) is 72.5 Å². The van der Waals surface area contributed by atoms with Crippen LogP contribution >= 0.6 is 0 Å². The lowest BCUT2D eigenvalue weighted by molar-refractivity contribution is 0.143. The zero-order valence-corrected chi connectivity index (χ0v) is 17.4. The van der Waals surface area contributed by atoms with Gasteiger partial charge in [-0.3, -0.25) is 0 Å². The Bertz CT molecular complexity index is 1090. The fourth-order valence-corrected chi connectivity index (χ4v) is 3.90. The Balaban J connectivity index is 1.30. The maximum atomic E-state index is 12.2. The minimum Gasteiger partial charge on any atom is -0.449 e. The Morgan fingerprint density at radius 2 is 1.63 bits per heavy atom. The molecule has 0 fully saturated rings. The molecule has 3 heteroatoms. The highest BCUT2D eigenvalue weighted by molar-refractivity contribution is 5.79. The van der Waals surface area contributed by atoms with E-state index in [1.54, 1.807) is 0 Å². The number of benzene rings is 3. The number of nitrogens with one attached hydrogen (secondary N) is 1. The fraction of sp³-hybridized carbons (Fsp3) is 0.222. The normalized spacial score (nSPS) is 11.8. The van der Waals surface area contributed by atoms with E-state index in [4.69, 9.17) is 4.74 Å². The number of ether oxygens (including phenoxy) is 1. The molecule has 0 heterocycles. The van der Waals surface area contributed by atoms with Crippen LogP contribution in [0.5, 0.6) is 0 Å². The van der Waals surface area contributed by atoms with Gasteiger partial charge in [0, 0.05) is 24.4 Å². The average molecular weight is 396 g/mol. The number of carbonyl (C=O) groups is 1. The lowest BCUT2D eigenvalue weighted by Crippen LogP contribution is -2.26. The number of hydrogen-bond acceptors (Lipinski definition) is 2. The first-order chi connectivity index (χ1) is 14.6. The molecule has 3 aromatic rings. The highest BCUT2D eigenvalue weighted by atomic mass is 16.5. The van der Waals surface area contributed by atoms with Gasteiger partial charge in [-0.05, 0) is 53.3 Å². The van der Waals surface area contributed by atoms with E-state index in [1.807, 2.05) is 24.3 Å². The minimum atomic E-state index is -0.398. The Hall–Kier alpha value is -3.51. The Kier molecular flexibility index (Phi) is 5.86. The summed E-state index contributed by atoms with van der Waals surface area (Å²) in [4.78, 5) is 12.2. The second kappa shape index (κ2) is 8.88. The van der Waals surface area contributed by atoms with Crippen LogP contribution in [-0.4, -0.2) is 19.2 Å². The van der Waals surface area contributed by atoms with Crippen molar-refractivity contribution < 1.29 is 9.53 Å². The third kappa shape index (κ3) is 4.23. The van der Waals surface area contributed by atoms with Crippen LogP contribution in [0.2, 0.25) is 0 Å². The van der Waals surface area contributed by atoms with Crippen LogP contribution in [0.4, 0.5) is 4.79 Å². The summed E-state index contributed by atoms with van der Waals surface area (Å²) >= 11 is 0. The highest BCUT2D eigenvalue weighted by Crippen LogP contribution is 2.44. The standard InChI is InChI=1S/C27H25NO2/c1-19-14-15-20(2)21(17-19)9-7-8-16-28-27(29)30-18-26-24-12-5-3-10-22(24)23-11-4-6-13-25(23)26/h3-6,10-15,17,26H,8,16,18H2,1-2H3,(H,28,29). The molecule has 1 N–H and O–H groups in total. The van der Waals surface area contributed by atoms with E-state index in [2.05, 4.69) is 73.5 Å². The van der Waals surface area contributed by atoms with Crippen LogP contribution in [-0.2, 0) is 4.74 Å². The Labute approximate surface area is 178 Å². The van der Waals surface area contributed by atoms with E-state index in [0.717, 1.165) is 11.1 Å². The van der Waals surface area contributed by atoms with Gasteiger partial charge in [0.15, 0.2) is 0 Å². The first-order valence-electron chi connectivity index (χ1n) is 10.3. The van der Waals surface area contributed by atoms with Gasteiger partial charge < -0.3 is 10.1 Å². The molecular formula is C27H25NO2. The summed E-state index contributed by atoms with van der Waals surface area (Å²) in [6, 6.07) is 22.9. The van der Waals surface area contributed by atoms with Gasteiger partial charge in [0.25, 0.3) is 0 Å². The van der Waals surface area contributed by atoms with E-state index in [-0.39, 0.29) is 5.92 Å². The number of rotatable bonds is 4. The van der Waals surface area contributed by atoms with E-state index in [0.29, 0.717) is 19.6 Å². The Morgan fingerprint density at radius 3 is 2.33 bits per heavy atom. The van der Waals surface area contributed by atoms with Gasteiger partial charge in [0.2, 0.25) is 0 Å². The number of fused-ring (bicyclic) bond motifs is 3. The fourth-order valence-electron chi connectivity index (χ4n) is 3.90. The zero-order chi connectivity index (χ0) is 20.9. The van der Waals surface area contributed by atoms with E-state index >= 15 is 0 Å². The van der Waals surface area contributed by atoms with Gasteiger partial charge in [0.1, 0.15) is 6.61 Å². The van der Waals surface area contributed by atoms with Crippen LogP contribution in [0.1, 0.15) is 40.2 Å². The summed E-state index contributed by atoms with van der Waals surface area (Å²) in [5.41, 5.74) is 8.28. The molecule has 1 amide bonds. The first-order valence-corrected chi connectivity index (χ1v) is 10.3. The van der Waals surface area contributed by atoms with Crippen LogP contribution in [0.25, 0.3) is 11.1 Å². The van der Waals surface area contributed by atoms with Crippen molar-refractivity contribution >= 4 is 6.09 Å². The van der Waals surface area contributed by atoms with Crippen molar-refractivity contribution in [3.05, 3.63) is 94.5 Å². The van der Waals surface area contributed by atoms with E-state index in [1.165, 1.54) is 27.8 Å². The van der Waals surface area contributed by atoms with Crippen molar-refractivity contribution in [3.63, 3.8) is 0 Å². The lowest BCUT2D eigenvalue weighted by atomic mass is 9.98. The maximum absolute atomic E-state index is 12.2. The van der Waals surface area contributed by atoms with Crippen molar-refractivity contribution in [1.29, 1.82) is 0 Å². The number of alkyl carbamates (subject to hydrolysis) is 1. The predicted molar refractivity (Wildman–Crippen MR) is 120 cm³/mol. The molecule has 30 heavy (non-hydrogen) atoms. The summed E-state index contributed by atoms with van der Waals surface area (Å²) in [6.45, 7) is 4.91.